The molecule has 21 heavy (non-hydrogen) atoms. The van der Waals surface area contributed by atoms with Crippen molar-refractivity contribution in [3.8, 4) is 11.3 Å². The topological polar surface area (TPSA) is 68.3 Å². The molecular weight excluding hydrogens is 308 g/mol. The predicted molar refractivity (Wildman–Crippen MR) is 86.2 cm³/mol. The van der Waals surface area contributed by atoms with Crippen LogP contribution in [0.3, 0.4) is 0 Å². The summed E-state index contributed by atoms with van der Waals surface area (Å²) in [5.74, 6) is 0. The van der Waals surface area contributed by atoms with Crippen LogP contribution in [0.15, 0.2) is 29.6 Å². The number of sulfonamides is 1. The van der Waals surface area contributed by atoms with E-state index in [-0.39, 0.29) is 0 Å². The van der Waals surface area contributed by atoms with Crippen molar-refractivity contribution in [2.45, 2.75) is 12.8 Å². The third-order valence-electron chi connectivity index (χ3n) is 2.77. The number of aryl methyl sites for hydroxylation is 1. The van der Waals surface area contributed by atoms with Crippen molar-refractivity contribution in [1.82, 2.24) is 4.98 Å². The quantitative estimate of drug-likeness (QED) is 0.794. The molecule has 0 amide bonds. The maximum atomic E-state index is 11.2. The molecule has 1 aromatic heterocycles. The summed E-state index contributed by atoms with van der Waals surface area (Å²) in [5.41, 5.74) is 2.44. The zero-order chi connectivity index (χ0) is 15.3. The largest absolute Gasteiger partial charge is 0.385 e. The van der Waals surface area contributed by atoms with E-state index in [0.717, 1.165) is 42.0 Å². The first-order chi connectivity index (χ1) is 9.98. The lowest BCUT2D eigenvalue weighted by molar-refractivity contribution is 0.195. The first kappa shape index (κ1) is 15.9. The van der Waals surface area contributed by atoms with Gasteiger partial charge >= 0.3 is 0 Å². The molecule has 5 nitrogen and oxygen atoms in total. The molecule has 0 spiro atoms. The average molecular weight is 326 g/mol. The number of hydrogen-bond donors (Lipinski definition) is 1. The van der Waals surface area contributed by atoms with Crippen molar-refractivity contribution in [3.63, 3.8) is 0 Å². The van der Waals surface area contributed by atoms with Gasteiger partial charge in [0.2, 0.25) is 10.0 Å². The second kappa shape index (κ2) is 7.02. The number of benzene rings is 1. The predicted octanol–water partition coefficient (Wildman–Crippen LogP) is 2.76. The Balaban J connectivity index is 2.05. The molecule has 2 rings (SSSR count). The van der Waals surface area contributed by atoms with E-state index in [1.807, 2.05) is 17.5 Å². The minimum absolute atomic E-state index is 0.553. The zero-order valence-corrected chi connectivity index (χ0v) is 13.6. The molecule has 1 aromatic carbocycles. The fourth-order valence-electron chi connectivity index (χ4n) is 1.85. The third kappa shape index (κ3) is 5.11. The van der Waals surface area contributed by atoms with E-state index in [4.69, 9.17) is 4.74 Å². The number of thiazole rings is 1. The molecule has 0 aliphatic rings. The number of nitrogens with one attached hydrogen (secondary N) is 1. The minimum atomic E-state index is -3.24. The lowest BCUT2D eigenvalue weighted by Crippen LogP contribution is -2.09. The molecule has 0 fully saturated rings. The molecule has 114 valence electrons. The van der Waals surface area contributed by atoms with Crippen LogP contribution in [0.25, 0.3) is 11.3 Å². The average Bonchev–Trinajstić information content (AvgIpc) is 2.87. The van der Waals surface area contributed by atoms with Gasteiger partial charge in [0, 0.05) is 36.8 Å². The summed E-state index contributed by atoms with van der Waals surface area (Å²) in [4.78, 5) is 4.58. The Morgan fingerprint density at radius 3 is 2.62 bits per heavy atom. The summed E-state index contributed by atoms with van der Waals surface area (Å²) >= 11 is 1.63. The monoisotopic (exact) mass is 326 g/mol. The molecule has 0 aliphatic heterocycles. The molecular formula is C14H18N2O3S2. The number of methoxy groups -OCH3 is 1. The highest BCUT2D eigenvalue weighted by Gasteiger charge is 2.06. The van der Waals surface area contributed by atoms with E-state index in [0.29, 0.717) is 5.69 Å². The minimum Gasteiger partial charge on any atom is -0.385 e. The van der Waals surface area contributed by atoms with Gasteiger partial charge < -0.3 is 4.74 Å². The van der Waals surface area contributed by atoms with Crippen molar-refractivity contribution >= 4 is 27.0 Å². The summed E-state index contributed by atoms with van der Waals surface area (Å²) in [6.07, 6.45) is 3.00. The normalized spacial score (nSPS) is 11.5. The van der Waals surface area contributed by atoms with Crippen molar-refractivity contribution in [2.75, 3.05) is 24.7 Å². The number of rotatable bonds is 7. The Kier molecular flexibility index (Phi) is 5.33. The first-order valence-electron chi connectivity index (χ1n) is 6.49. The summed E-state index contributed by atoms with van der Waals surface area (Å²) in [5, 5.41) is 3.10. The standard InChI is InChI=1S/C14H18N2O3S2/c1-19-9-3-4-14-15-13(10-20-14)11-5-7-12(8-6-11)16-21(2,17)18/h5-8,10,16H,3-4,9H2,1-2H3. The van der Waals surface area contributed by atoms with E-state index in [1.165, 1.54) is 0 Å². The molecule has 2 aromatic rings. The van der Waals surface area contributed by atoms with Crippen LogP contribution in [0, 0.1) is 0 Å². The molecule has 0 saturated heterocycles. The zero-order valence-electron chi connectivity index (χ0n) is 12.0. The highest BCUT2D eigenvalue weighted by molar-refractivity contribution is 7.92. The SMILES string of the molecule is COCCCc1nc(-c2ccc(NS(C)(=O)=O)cc2)cs1. The Morgan fingerprint density at radius 1 is 1.29 bits per heavy atom. The molecule has 1 N–H and O–H groups in total. The maximum absolute atomic E-state index is 11.2. The van der Waals surface area contributed by atoms with Gasteiger partial charge in [-0.15, -0.1) is 11.3 Å². The van der Waals surface area contributed by atoms with Gasteiger partial charge in [-0.3, -0.25) is 4.72 Å². The van der Waals surface area contributed by atoms with Crippen molar-refractivity contribution in [3.05, 3.63) is 34.7 Å². The third-order valence-corrected chi connectivity index (χ3v) is 4.29. The molecule has 0 saturated carbocycles. The Labute approximate surface area is 129 Å². The first-order valence-corrected chi connectivity index (χ1v) is 9.26. The lowest BCUT2D eigenvalue weighted by Gasteiger charge is -2.04. The van der Waals surface area contributed by atoms with Gasteiger partial charge in [-0.1, -0.05) is 12.1 Å². The summed E-state index contributed by atoms with van der Waals surface area (Å²) in [6, 6.07) is 7.20. The van der Waals surface area contributed by atoms with Crippen LogP contribution in [0.1, 0.15) is 11.4 Å². The molecule has 0 aliphatic carbocycles. The fraction of sp³-hybridized carbons (Fsp3) is 0.357. The molecule has 0 atom stereocenters. The molecule has 0 bridgehead atoms. The van der Waals surface area contributed by atoms with Crippen LogP contribution in [-0.4, -0.2) is 33.4 Å². The number of anilines is 1. The van der Waals surface area contributed by atoms with Gasteiger partial charge in [0.05, 0.1) is 17.0 Å². The summed E-state index contributed by atoms with van der Waals surface area (Å²) < 4.78 is 29.8. The van der Waals surface area contributed by atoms with Gasteiger partial charge in [-0.2, -0.15) is 0 Å². The van der Waals surface area contributed by atoms with Crippen molar-refractivity contribution < 1.29 is 13.2 Å². The van der Waals surface area contributed by atoms with E-state index < -0.39 is 10.0 Å². The Hall–Kier alpha value is -1.44. The van der Waals surface area contributed by atoms with Gasteiger partial charge in [-0.05, 0) is 18.6 Å². The van der Waals surface area contributed by atoms with E-state index in [9.17, 15) is 8.42 Å². The second-order valence-electron chi connectivity index (χ2n) is 4.67. The van der Waals surface area contributed by atoms with Gasteiger partial charge in [0.1, 0.15) is 0 Å². The summed E-state index contributed by atoms with van der Waals surface area (Å²) in [7, 11) is -1.54. The number of nitrogens with zero attached hydrogens (tertiary/aromatic N) is 1. The number of hydrogen-bond acceptors (Lipinski definition) is 5. The highest BCUT2D eigenvalue weighted by Crippen LogP contribution is 2.24. The van der Waals surface area contributed by atoms with Gasteiger partial charge in [-0.25, -0.2) is 13.4 Å². The van der Waals surface area contributed by atoms with Crippen LogP contribution in [0.2, 0.25) is 0 Å². The second-order valence-corrected chi connectivity index (χ2v) is 7.37. The smallest absolute Gasteiger partial charge is 0.229 e. The van der Waals surface area contributed by atoms with Crippen LogP contribution >= 0.6 is 11.3 Å². The van der Waals surface area contributed by atoms with E-state index in [2.05, 4.69) is 9.71 Å². The Morgan fingerprint density at radius 2 is 2.00 bits per heavy atom. The van der Waals surface area contributed by atoms with Crippen LogP contribution in [0.5, 0.6) is 0 Å². The maximum Gasteiger partial charge on any atom is 0.229 e. The van der Waals surface area contributed by atoms with Crippen LogP contribution < -0.4 is 4.72 Å². The highest BCUT2D eigenvalue weighted by atomic mass is 32.2. The summed E-state index contributed by atoms with van der Waals surface area (Å²) in [6.45, 7) is 0.737. The lowest BCUT2D eigenvalue weighted by atomic mass is 10.1. The number of aromatic nitrogens is 1. The van der Waals surface area contributed by atoms with Crippen LogP contribution in [0.4, 0.5) is 5.69 Å². The van der Waals surface area contributed by atoms with Crippen molar-refractivity contribution in [1.29, 1.82) is 0 Å². The van der Waals surface area contributed by atoms with E-state index >= 15 is 0 Å². The number of ether oxygens (including phenoxy) is 1. The van der Waals surface area contributed by atoms with Gasteiger partial charge in [0.15, 0.2) is 0 Å². The molecule has 0 unspecified atom stereocenters. The van der Waals surface area contributed by atoms with E-state index in [1.54, 1.807) is 30.6 Å². The van der Waals surface area contributed by atoms with Gasteiger partial charge in [0.25, 0.3) is 0 Å². The van der Waals surface area contributed by atoms with Crippen molar-refractivity contribution in [2.24, 2.45) is 0 Å². The fourth-order valence-corrected chi connectivity index (χ4v) is 3.26. The Bertz CT molecular complexity index is 678. The van der Waals surface area contributed by atoms with Crippen LogP contribution in [-0.2, 0) is 21.2 Å². The molecule has 1 heterocycles. The molecule has 7 heteroatoms. The molecule has 0 radical (unpaired) electrons.